The number of halogens is 1. The number of amides is 1. The highest BCUT2D eigenvalue weighted by molar-refractivity contribution is 9.10. The molecule has 116 valence electrons. The SMILES string of the molecule is O=C(O)c1cc(Br)c(N2CC(C(=O)O)CC2=O)c([N+](=O)[O-])c1. The van der Waals surface area contributed by atoms with Crippen LogP contribution in [0.4, 0.5) is 11.4 Å². The third kappa shape index (κ3) is 2.77. The Balaban J connectivity index is 2.55. The fourth-order valence-electron chi connectivity index (χ4n) is 2.20. The molecule has 1 aromatic rings. The fraction of sp³-hybridized carbons (Fsp3) is 0.250. The number of carboxylic acids is 2. The van der Waals surface area contributed by atoms with E-state index in [2.05, 4.69) is 15.9 Å². The third-order valence-corrected chi connectivity index (χ3v) is 3.84. The zero-order valence-corrected chi connectivity index (χ0v) is 12.4. The van der Waals surface area contributed by atoms with Crippen molar-refractivity contribution >= 4 is 45.2 Å². The Kier molecular flexibility index (Phi) is 4.13. The van der Waals surface area contributed by atoms with E-state index < -0.39 is 34.4 Å². The smallest absolute Gasteiger partial charge is 0.335 e. The summed E-state index contributed by atoms with van der Waals surface area (Å²) >= 11 is 3.02. The van der Waals surface area contributed by atoms with E-state index in [-0.39, 0.29) is 28.7 Å². The molecule has 1 atom stereocenters. The molecule has 1 aliphatic heterocycles. The monoisotopic (exact) mass is 372 g/mol. The first-order valence-corrected chi connectivity index (χ1v) is 6.76. The molecule has 1 fully saturated rings. The normalized spacial score (nSPS) is 17.6. The minimum Gasteiger partial charge on any atom is -0.481 e. The first kappa shape index (κ1) is 15.9. The average Bonchev–Trinajstić information content (AvgIpc) is 2.79. The Bertz CT molecular complexity index is 703. The minimum atomic E-state index is -1.36. The first-order chi connectivity index (χ1) is 10.2. The van der Waals surface area contributed by atoms with Gasteiger partial charge in [0.2, 0.25) is 5.91 Å². The Morgan fingerprint density at radius 2 is 2.00 bits per heavy atom. The highest BCUT2D eigenvalue weighted by Crippen LogP contribution is 2.40. The number of hydrogen-bond donors (Lipinski definition) is 2. The van der Waals surface area contributed by atoms with Gasteiger partial charge in [-0.15, -0.1) is 0 Å². The van der Waals surface area contributed by atoms with Crippen LogP contribution in [0.3, 0.4) is 0 Å². The molecule has 1 aliphatic rings. The Morgan fingerprint density at radius 3 is 2.45 bits per heavy atom. The number of rotatable bonds is 4. The van der Waals surface area contributed by atoms with Gasteiger partial charge in [-0.1, -0.05) is 0 Å². The summed E-state index contributed by atoms with van der Waals surface area (Å²) in [7, 11) is 0. The predicted molar refractivity (Wildman–Crippen MR) is 75.9 cm³/mol. The van der Waals surface area contributed by atoms with Crippen molar-refractivity contribution in [2.24, 2.45) is 5.92 Å². The van der Waals surface area contributed by atoms with E-state index in [0.29, 0.717) is 0 Å². The highest BCUT2D eigenvalue weighted by Gasteiger charge is 2.39. The average molecular weight is 373 g/mol. The van der Waals surface area contributed by atoms with Gasteiger partial charge in [-0.25, -0.2) is 4.79 Å². The number of benzene rings is 1. The zero-order chi connectivity index (χ0) is 16.6. The maximum Gasteiger partial charge on any atom is 0.335 e. The van der Waals surface area contributed by atoms with Crippen LogP contribution in [0.5, 0.6) is 0 Å². The molecule has 0 aromatic heterocycles. The molecule has 22 heavy (non-hydrogen) atoms. The largest absolute Gasteiger partial charge is 0.481 e. The number of nitro groups is 1. The number of anilines is 1. The van der Waals surface area contributed by atoms with Gasteiger partial charge in [-0.05, 0) is 22.0 Å². The lowest BCUT2D eigenvalue weighted by Crippen LogP contribution is -2.27. The summed E-state index contributed by atoms with van der Waals surface area (Å²) in [5, 5.41) is 29.1. The van der Waals surface area contributed by atoms with Gasteiger partial charge in [0.1, 0.15) is 5.69 Å². The molecule has 1 saturated heterocycles. The number of hydrogen-bond acceptors (Lipinski definition) is 5. The molecule has 1 heterocycles. The van der Waals surface area contributed by atoms with Crippen molar-refractivity contribution in [2.45, 2.75) is 6.42 Å². The van der Waals surface area contributed by atoms with E-state index in [9.17, 15) is 24.5 Å². The molecule has 1 unspecified atom stereocenters. The molecule has 0 spiro atoms. The number of carbonyl (C=O) groups excluding carboxylic acids is 1. The molecule has 9 nitrogen and oxygen atoms in total. The molecule has 0 radical (unpaired) electrons. The number of nitro benzene ring substituents is 1. The summed E-state index contributed by atoms with van der Waals surface area (Å²) in [6, 6.07) is 1.97. The number of aliphatic carboxylic acids is 1. The first-order valence-electron chi connectivity index (χ1n) is 5.96. The van der Waals surface area contributed by atoms with E-state index in [0.717, 1.165) is 17.0 Å². The zero-order valence-electron chi connectivity index (χ0n) is 10.9. The van der Waals surface area contributed by atoms with E-state index in [1.165, 1.54) is 0 Å². The molecular formula is C12H9BrN2O7. The summed E-state index contributed by atoms with van der Waals surface area (Å²) in [6.07, 6.45) is -0.264. The van der Waals surface area contributed by atoms with Crippen molar-refractivity contribution in [2.75, 3.05) is 11.4 Å². The topological polar surface area (TPSA) is 138 Å². The van der Waals surface area contributed by atoms with E-state index in [1.807, 2.05) is 0 Å². The number of carboxylic acid groups (broad SMARTS) is 2. The van der Waals surface area contributed by atoms with Crippen LogP contribution in [0.15, 0.2) is 16.6 Å². The molecule has 0 saturated carbocycles. The predicted octanol–water partition coefficient (Wildman–Crippen LogP) is 1.49. The maximum absolute atomic E-state index is 11.9. The van der Waals surface area contributed by atoms with Crippen LogP contribution in [-0.2, 0) is 9.59 Å². The van der Waals surface area contributed by atoms with E-state index in [4.69, 9.17) is 10.2 Å². The van der Waals surface area contributed by atoms with Crippen LogP contribution in [0.25, 0.3) is 0 Å². The Labute approximate surface area is 131 Å². The number of aromatic carboxylic acids is 1. The maximum atomic E-state index is 11.9. The lowest BCUT2D eigenvalue weighted by Gasteiger charge is -2.18. The Morgan fingerprint density at radius 1 is 1.36 bits per heavy atom. The second-order valence-corrected chi connectivity index (χ2v) is 5.49. The fourth-order valence-corrected chi connectivity index (χ4v) is 2.87. The molecule has 2 rings (SSSR count). The highest BCUT2D eigenvalue weighted by atomic mass is 79.9. The van der Waals surface area contributed by atoms with Crippen LogP contribution in [0, 0.1) is 16.0 Å². The van der Waals surface area contributed by atoms with Gasteiger partial charge in [0.05, 0.1) is 16.4 Å². The van der Waals surface area contributed by atoms with Crippen LogP contribution in [0.2, 0.25) is 0 Å². The molecule has 1 amide bonds. The standard InChI is InChI=1S/C12H9BrN2O7/c13-7-1-5(11(17)18)2-8(15(21)22)10(7)14-4-6(12(19)20)3-9(14)16/h1-2,6H,3-4H2,(H,17,18)(H,19,20). The van der Waals surface area contributed by atoms with Crippen molar-refractivity contribution in [1.29, 1.82) is 0 Å². The van der Waals surface area contributed by atoms with Crippen molar-refractivity contribution in [3.05, 3.63) is 32.3 Å². The summed E-state index contributed by atoms with van der Waals surface area (Å²) < 4.78 is 0.0403. The summed E-state index contributed by atoms with van der Waals surface area (Å²) in [5.74, 6) is -4.05. The van der Waals surface area contributed by atoms with Crippen LogP contribution in [-0.4, -0.2) is 39.5 Å². The van der Waals surface area contributed by atoms with Gasteiger partial charge in [0.25, 0.3) is 5.69 Å². The van der Waals surface area contributed by atoms with E-state index >= 15 is 0 Å². The van der Waals surface area contributed by atoms with Gasteiger partial charge in [0, 0.05) is 23.5 Å². The lowest BCUT2D eigenvalue weighted by atomic mass is 10.1. The van der Waals surface area contributed by atoms with Crippen LogP contribution >= 0.6 is 15.9 Å². The summed E-state index contributed by atoms with van der Waals surface area (Å²) in [4.78, 5) is 45.2. The van der Waals surface area contributed by atoms with Gasteiger partial charge in [-0.2, -0.15) is 0 Å². The van der Waals surface area contributed by atoms with Crippen molar-refractivity contribution < 1.29 is 29.5 Å². The second-order valence-electron chi connectivity index (χ2n) is 4.63. The Hall–Kier alpha value is -2.49. The molecule has 2 N–H and O–H groups in total. The van der Waals surface area contributed by atoms with E-state index in [1.54, 1.807) is 0 Å². The van der Waals surface area contributed by atoms with Crippen molar-refractivity contribution in [1.82, 2.24) is 0 Å². The van der Waals surface area contributed by atoms with Gasteiger partial charge in [0.15, 0.2) is 0 Å². The number of nitrogens with zero attached hydrogens (tertiary/aromatic N) is 2. The molecule has 0 bridgehead atoms. The molecular weight excluding hydrogens is 364 g/mol. The molecule has 1 aromatic carbocycles. The summed E-state index contributed by atoms with van der Waals surface area (Å²) in [6.45, 7) is -0.208. The van der Waals surface area contributed by atoms with Crippen LogP contribution in [0.1, 0.15) is 16.8 Å². The number of carbonyl (C=O) groups is 3. The molecule has 10 heteroatoms. The molecule has 0 aliphatic carbocycles. The summed E-state index contributed by atoms with van der Waals surface area (Å²) in [5.41, 5.74) is -1.03. The minimum absolute atomic E-state index is 0.0403. The van der Waals surface area contributed by atoms with Crippen LogP contribution < -0.4 is 4.90 Å². The quantitative estimate of drug-likeness (QED) is 0.602. The second kappa shape index (κ2) is 5.72. The van der Waals surface area contributed by atoms with Crippen molar-refractivity contribution in [3.63, 3.8) is 0 Å². The van der Waals surface area contributed by atoms with Gasteiger partial charge < -0.3 is 15.1 Å². The lowest BCUT2D eigenvalue weighted by molar-refractivity contribution is -0.384. The van der Waals surface area contributed by atoms with Gasteiger partial charge >= 0.3 is 11.9 Å². The van der Waals surface area contributed by atoms with Crippen molar-refractivity contribution in [3.8, 4) is 0 Å². The van der Waals surface area contributed by atoms with Gasteiger partial charge in [-0.3, -0.25) is 19.7 Å². The third-order valence-electron chi connectivity index (χ3n) is 3.23.